The average molecular weight is 413 g/mol. The number of unbranched alkanes of at least 4 members (excludes halogenated alkanes) is 3. The first-order valence-electron chi connectivity index (χ1n) is 9.72. The normalized spacial score (nSPS) is 15.1. The van der Waals surface area contributed by atoms with Crippen LogP contribution in [0, 0.1) is 0 Å². The summed E-state index contributed by atoms with van der Waals surface area (Å²) >= 11 is 0. The summed E-state index contributed by atoms with van der Waals surface area (Å²) in [5, 5.41) is 33.0. The molecular weight excluding hydrogens is 390 g/mol. The van der Waals surface area contributed by atoms with Crippen molar-refractivity contribution in [2.75, 3.05) is 13.2 Å². The van der Waals surface area contributed by atoms with Gasteiger partial charge in [-0.3, -0.25) is 4.79 Å². The Morgan fingerprint density at radius 1 is 1.10 bits per heavy atom. The third kappa shape index (κ3) is 5.07. The van der Waals surface area contributed by atoms with E-state index in [-0.39, 0.29) is 40.8 Å². The topological polar surface area (TPSA) is 145 Å². The first kappa shape index (κ1) is 21.1. The van der Waals surface area contributed by atoms with Gasteiger partial charge in [0.2, 0.25) is 0 Å². The maximum atomic E-state index is 12.5. The van der Waals surface area contributed by atoms with Crippen LogP contribution in [0.2, 0.25) is 0 Å². The van der Waals surface area contributed by atoms with Gasteiger partial charge in [-0.15, -0.1) is 0 Å². The monoisotopic (exact) mass is 413 g/mol. The van der Waals surface area contributed by atoms with Crippen LogP contribution in [0.15, 0.2) is 35.4 Å². The summed E-state index contributed by atoms with van der Waals surface area (Å²) in [5.74, 6) is -0.292. The van der Waals surface area contributed by atoms with Crippen LogP contribution in [0.5, 0.6) is 28.7 Å². The largest absolute Gasteiger partial charge is 0.508 e. The zero-order valence-corrected chi connectivity index (χ0v) is 16.3. The molecule has 0 spiro atoms. The number of hydrogen-bond donors (Lipinski definition) is 3. The third-order valence-electron chi connectivity index (χ3n) is 4.80. The molecule has 2 aromatic carbocycles. The summed E-state index contributed by atoms with van der Waals surface area (Å²) in [6, 6.07) is 6.98. The van der Waals surface area contributed by atoms with E-state index in [9.17, 15) is 20.1 Å². The number of ketones is 1. The Bertz CT molecular complexity index is 971. The van der Waals surface area contributed by atoms with Crippen molar-refractivity contribution in [3.63, 3.8) is 0 Å². The van der Waals surface area contributed by atoms with Crippen LogP contribution in [-0.2, 0) is 0 Å². The highest BCUT2D eigenvalue weighted by atomic mass is 16.5. The van der Waals surface area contributed by atoms with Crippen molar-refractivity contribution in [3.05, 3.63) is 51.9 Å². The molecule has 9 heteroatoms. The van der Waals surface area contributed by atoms with Gasteiger partial charge in [-0.2, -0.15) is 0 Å². The van der Waals surface area contributed by atoms with E-state index in [1.807, 2.05) is 0 Å². The molecule has 2 aromatic rings. The number of fused-ring (bicyclic) bond motifs is 1. The van der Waals surface area contributed by atoms with Crippen molar-refractivity contribution in [3.8, 4) is 28.7 Å². The Hall–Kier alpha value is -3.58. The molecule has 0 saturated heterocycles. The number of carbonyl (C=O) groups is 1. The van der Waals surface area contributed by atoms with Crippen LogP contribution in [-0.4, -0.2) is 34.3 Å². The number of phenols is 3. The Kier molecular flexibility index (Phi) is 6.87. The van der Waals surface area contributed by atoms with Gasteiger partial charge in [-0.1, -0.05) is 18.0 Å². The van der Waals surface area contributed by atoms with Crippen LogP contribution in [0.1, 0.15) is 54.1 Å². The van der Waals surface area contributed by atoms with Gasteiger partial charge in [-0.25, -0.2) is 0 Å². The number of benzene rings is 2. The second-order valence-electron chi connectivity index (χ2n) is 7.01. The molecule has 0 fully saturated rings. The summed E-state index contributed by atoms with van der Waals surface area (Å²) in [7, 11) is 0. The van der Waals surface area contributed by atoms with Crippen LogP contribution >= 0.6 is 0 Å². The van der Waals surface area contributed by atoms with Gasteiger partial charge in [0.1, 0.15) is 40.4 Å². The SMILES string of the molecule is [N-]=[N+]=NCCCCCCOc1cc(O)ccc1C1CC(=O)c2c(O)cc(O)cc2O1. The minimum absolute atomic E-state index is 0.00805. The molecular formula is C21H23N3O6. The molecule has 30 heavy (non-hydrogen) atoms. The summed E-state index contributed by atoms with van der Waals surface area (Å²) in [4.78, 5) is 15.3. The van der Waals surface area contributed by atoms with E-state index in [0.717, 1.165) is 31.7 Å². The van der Waals surface area contributed by atoms with Crippen molar-refractivity contribution in [1.29, 1.82) is 0 Å². The van der Waals surface area contributed by atoms with E-state index in [1.165, 1.54) is 18.2 Å². The molecule has 0 saturated carbocycles. The number of hydrogen-bond acceptors (Lipinski definition) is 7. The van der Waals surface area contributed by atoms with E-state index in [0.29, 0.717) is 24.5 Å². The van der Waals surface area contributed by atoms with Gasteiger partial charge in [-0.05, 0) is 30.5 Å². The summed E-state index contributed by atoms with van der Waals surface area (Å²) < 4.78 is 11.7. The number of carbonyl (C=O) groups excluding carboxylic acids is 1. The Morgan fingerprint density at radius 2 is 1.90 bits per heavy atom. The minimum Gasteiger partial charge on any atom is -0.508 e. The number of Topliss-reactive ketones (excluding diaryl/α,β-unsaturated/α-hetero) is 1. The molecule has 1 aliphatic rings. The molecule has 0 bridgehead atoms. The lowest BCUT2D eigenvalue weighted by molar-refractivity contribution is 0.0840. The number of rotatable bonds is 9. The second kappa shape index (κ2) is 9.76. The third-order valence-corrected chi connectivity index (χ3v) is 4.80. The van der Waals surface area contributed by atoms with Crippen LogP contribution in [0.3, 0.4) is 0 Å². The number of ether oxygens (including phenoxy) is 2. The molecule has 0 aromatic heterocycles. The van der Waals surface area contributed by atoms with E-state index < -0.39 is 6.10 Å². The molecule has 1 heterocycles. The highest BCUT2D eigenvalue weighted by Crippen LogP contribution is 2.43. The maximum Gasteiger partial charge on any atom is 0.174 e. The van der Waals surface area contributed by atoms with Crippen LogP contribution in [0.25, 0.3) is 10.4 Å². The maximum absolute atomic E-state index is 12.5. The summed E-state index contributed by atoms with van der Waals surface area (Å²) in [6.07, 6.45) is 2.73. The van der Waals surface area contributed by atoms with Gasteiger partial charge in [0.15, 0.2) is 5.78 Å². The molecule has 0 radical (unpaired) electrons. The number of azide groups is 1. The van der Waals surface area contributed by atoms with Crippen LogP contribution in [0.4, 0.5) is 0 Å². The lowest BCUT2D eigenvalue weighted by Crippen LogP contribution is -2.21. The summed E-state index contributed by atoms with van der Waals surface area (Å²) in [5.41, 5.74) is 8.89. The zero-order valence-electron chi connectivity index (χ0n) is 16.3. The molecule has 9 nitrogen and oxygen atoms in total. The highest BCUT2D eigenvalue weighted by Gasteiger charge is 2.32. The van der Waals surface area contributed by atoms with E-state index >= 15 is 0 Å². The lowest BCUT2D eigenvalue weighted by Gasteiger charge is -2.27. The molecule has 3 N–H and O–H groups in total. The molecule has 3 rings (SSSR count). The van der Waals surface area contributed by atoms with Crippen molar-refractivity contribution >= 4 is 5.78 Å². The fraction of sp³-hybridized carbons (Fsp3) is 0.381. The van der Waals surface area contributed by atoms with Crippen LogP contribution < -0.4 is 9.47 Å². The molecule has 158 valence electrons. The fourth-order valence-corrected chi connectivity index (χ4v) is 3.38. The zero-order chi connectivity index (χ0) is 21.5. The molecule has 1 atom stereocenters. The Balaban J connectivity index is 1.68. The highest BCUT2D eigenvalue weighted by molar-refractivity contribution is 6.02. The number of phenolic OH excluding ortho intramolecular Hbond substituents is 3. The van der Waals surface area contributed by atoms with E-state index in [1.54, 1.807) is 6.07 Å². The Labute approximate surface area is 173 Å². The van der Waals surface area contributed by atoms with Gasteiger partial charge in [0.05, 0.1) is 13.0 Å². The quantitative estimate of drug-likeness (QED) is 0.234. The molecule has 1 aliphatic heterocycles. The van der Waals surface area contributed by atoms with Gasteiger partial charge >= 0.3 is 0 Å². The van der Waals surface area contributed by atoms with E-state index in [2.05, 4.69) is 10.0 Å². The molecule has 0 amide bonds. The number of nitrogens with zero attached hydrogens (tertiary/aromatic N) is 3. The van der Waals surface area contributed by atoms with Crippen molar-refractivity contribution in [2.24, 2.45) is 5.11 Å². The smallest absolute Gasteiger partial charge is 0.174 e. The fourth-order valence-electron chi connectivity index (χ4n) is 3.38. The summed E-state index contributed by atoms with van der Waals surface area (Å²) in [6.45, 7) is 0.893. The number of aromatic hydroxyl groups is 3. The standard InChI is InChI=1S/C21H23N3O6/c22-24-23-7-3-1-2-4-8-29-18-10-13(25)5-6-15(18)19-12-17(28)21-16(27)9-14(26)11-20(21)30-19/h5-6,9-11,19,25-27H,1-4,7-8,12H2. The van der Waals surface area contributed by atoms with E-state index in [4.69, 9.17) is 15.0 Å². The first-order chi connectivity index (χ1) is 14.5. The molecule has 0 aliphatic carbocycles. The lowest BCUT2D eigenvalue weighted by atomic mass is 9.95. The average Bonchev–Trinajstić information content (AvgIpc) is 2.69. The van der Waals surface area contributed by atoms with Crippen molar-refractivity contribution < 1.29 is 29.6 Å². The van der Waals surface area contributed by atoms with Gasteiger partial charge in [0.25, 0.3) is 0 Å². The van der Waals surface area contributed by atoms with Crippen molar-refractivity contribution in [2.45, 2.75) is 38.2 Å². The molecule has 1 unspecified atom stereocenters. The van der Waals surface area contributed by atoms with Gasteiger partial charge in [0, 0.05) is 35.2 Å². The predicted octanol–water partition coefficient (Wildman–Crippen LogP) is 4.76. The Morgan fingerprint density at radius 3 is 2.70 bits per heavy atom. The predicted molar refractivity (Wildman–Crippen MR) is 108 cm³/mol. The first-order valence-corrected chi connectivity index (χ1v) is 9.72. The van der Waals surface area contributed by atoms with Crippen molar-refractivity contribution in [1.82, 2.24) is 0 Å². The minimum atomic E-state index is -0.675. The second-order valence-corrected chi connectivity index (χ2v) is 7.01. The van der Waals surface area contributed by atoms with Gasteiger partial charge < -0.3 is 24.8 Å².